The molecule has 0 fully saturated rings. The minimum Gasteiger partial charge on any atom is -0.480 e. The molecule has 0 rings (SSSR count). The molecule has 0 aliphatic carbocycles. The van der Waals surface area contributed by atoms with Gasteiger partial charge in [-0.2, -0.15) is 0 Å². The Kier molecular flexibility index (Phi) is 9.24. The average Bonchev–Trinajstić information content (AvgIpc) is 2.21. The van der Waals surface area contributed by atoms with E-state index < -0.39 is 12.0 Å². The zero-order valence-corrected chi connectivity index (χ0v) is 10.5. The molecule has 4 heteroatoms. The SMILES string of the molecule is CC(C)CCCCCCNCC(N)C(=O)O. The Morgan fingerprint density at radius 2 is 1.88 bits per heavy atom. The fourth-order valence-electron chi connectivity index (χ4n) is 1.50. The molecular formula is C12H26N2O2. The average molecular weight is 230 g/mol. The van der Waals surface area contributed by atoms with Crippen molar-refractivity contribution in [3.63, 3.8) is 0 Å². The van der Waals surface area contributed by atoms with Gasteiger partial charge in [-0.3, -0.25) is 4.79 Å². The molecule has 0 amide bonds. The lowest BCUT2D eigenvalue weighted by Crippen LogP contribution is -2.40. The molecule has 0 bridgehead atoms. The summed E-state index contributed by atoms with van der Waals surface area (Å²) in [5.74, 6) is -0.142. The lowest BCUT2D eigenvalue weighted by atomic mass is 10.0. The van der Waals surface area contributed by atoms with E-state index >= 15 is 0 Å². The molecule has 4 nitrogen and oxygen atoms in total. The van der Waals surface area contributed by atoms with Gasteiger partial charge in [0.05, 0.1) is 0 Å². The van der Waals surface area contributed by atoms with Crippen LogP contribution in [0.2, 0.25) is 0 Å². The Labute approximate surface area is 98.6 Å². The molecule has 0 aliphatic heterocycles. The molecule has 16 heavy (non-hydrogen) atoms. The first-order chi connectivity index (χ1) is 7.54. The van der Waals surface area contributed by atoms with Crippen molar-refractivity contribution in [1.29, 1.82) is 0 Å². The van der Waals surface area contributed by atoms with Gasteiger partial charge in [0.15, 0.2) is 0 Å². The molecule has 1 atom stereocenters. The fourth-order valence-corrected chi connectivity index (χ4v) is 1.50. The molecule has 0 aromatic carbocycles. The van der Waals surface area contributed by atoms with Gasteiger partial charge in [0.1, 0.15) is 6.04 Å². The minimum atomic E-state index is -0.940. The number of hydrogen-bond donors (Lipinski definition) is 3. The maximum absolute atomic E-state index is 10.4. The molecule has 4 N–H and O–H groups in total. The topological polar surface area (TPSA) is 75.3 Å². The molecule has 0 spiro atoms. The van der Waals surface area contributed by atoms with Crippen molar-refractivity contribution >= 4 is 5.97 Å². The van der Waals surface area contributed by atoms with Crippen molar-refractivity contribution in [2.75, 3.05) is 13.1 Å². The van der Waals surface area contributed by atoms with E-state index in [-0.39, 0.29) is 0 Å². The predicted octanol–water partition coefficient (Wildman–Crippen LogP) is 1.59. The smallest absolute Gasteiger partial charge is 0.321 e. The van der Waals surface area contributed by atoms with Gasteiger partial charge < -0.3 is 16.2 Å². The maximum Gasteiger partial charge on any atom is 0.321 e. The van der Waals surface area contributed by atoms with Crippen LogP contribution in [-0.2, 0) is 4.79 Å². The van der Waals surface area contributed by atoms with Crippen molar-refractivity contribution in [1.82, 2.24) is 5.32 Å². The zero-order chi connectivity index (χ0) is 12.4. The van der Waals surface area contributed by atoms with Gasteiger partial charge in [-0.15, -0.1) is 0 Å². The Morgan fingerprint density at radius 1 is 1.25 bits per heavy atom. The molecule has 0 aromatic heterocycles. The highest BCUT2D eigenvalue weighted by Gasteiger charge is 2.09. The van der Waals surface area contributed by atoms with Gasteiger partial charge in [-0.1, -0.05) is 39.5 Å². The van der Waals surface area contributed by atoms with Crippen LogP contribution in [0.4, 0.5) is 0 Å². The van der Waals surface area contributed by atoms with Crippen LogP contribution in [0.1, 0.15) is 46.0 Å². The van der Waals surface area contributed by atoms with E-state index in [1.807, 2.05) is 0 Å². The van der Waals surface area contributed by atoms with Crippen LogP contribution in [0.3, 0.4) is 0 Å². The van der Waals surface area contributed by atoms with Gasteiger partial charge >= 0.3 is 5.97 Å². The quantitative estimate of drug-likeness (QED) is 0.498. The number of nitrogens with two attached hydrogens (primary N) is 1. The largest absolute Gasteiger partial charge is 0.480 e. The summed E-state index contributed by atoms with van der Waals surface area (Å²) >= 11 is 0. The monoisotopic (exact) mass is 230 g/mol. The first-order valence-corrected chi connectivity index (χ1v) is 6.23. The highest BCUT2D eigenvalue weighted by molar-refractivity contribution is 5.73. The molecule has 0 saturated heterocycles. The fraction of sp³-hybridized carbons (Fsp3) is 0.917. The van der Waals surface area contributed by atoms with Crippen molar-refractivity contribution in [2.45, 2.75) is 52.0 Å². The Hall–Kier alpha value is -0.610. The summed E-state index contributed by atoms with van der Waals surface area (Å²) < 4.78 is 0. The number of nitrogens with one attached hydrogen (secondary N) is 1. The second-order valence-corrected chi connectivity index (χ2v) is 4.75. The molecule has 0 aromatic rings. The first-order valence-electron chi connectivity index (χ1n) is 6.23. The summed E-state index contributed by atoms with van der Waals surface area (Å²) in [7, 11) is 0. The van der Waals surface area contributed by atoms with Crippen LogP contribution in [0.5, 0.6) is 0 Å². The standard InChI is InChI=1S/C12H26N2O2/c1-10(2)7-5-3-4-6-8-14-9-11(13)12(15)16/h10-11,14H,3-9,13H2,1-2H3,(H,15,16). The van der Waals surface area contributed by atoms with Crippen LogP contribution in [0, 0.1) is 5.92 Å². The van der Waals surface area contributed by atoms with Crippen LogP contribution < -0.4 is 11.1 Å². The van der Waals surface area contributed by atoms with Crippen LogP contribution in [0.15, 0.2) is 0 Å². The second-order valence-electron chi connectivity index (χ2n) is 4.75. The van der Waals surface area contributed by atoms with Crippen molar-refractivity contribution in [3.05, 3.63) is 0 Å². The normalized spacial score (nSPS) is 13.0. The highest BCUT2D eigenvalue weighted by Crippen LogP contribution is 2.08. The molecule has 0 saturated carbocycles. The summed E-state index contributed by atoms with van der Waals surface area (Å²) in [4.78, 5) is 10.4. The number of carbonyl (C=O) groups is 1. The van der Waals surface area contributed by atoms with Crippen LogP contribution in [-0.4, -0.2) is 30.2 Å². The summed E-state index contributed by atoms with van der Waals surface area (Å²) in [6.07, 6.45) is 6.18. The molecule has 96 valence electrons. The summed E-state index contributed by atoms with van der Waals surface area (Å²) in [6.45, 7) is 5.72. The van der Waals surface area contributed by atoms with Crippen LogP contribution >= 0.6 is 0 Å². The van der Waals surface area contributed by atoms with E-state index in [4.69, 9.17) is 10.8 Å². The predicted molar refractivity (Wildman–Crippen MR) is 66.4 cm³/mol. The number of unbranched alkanes of at least 4 members (excludes halogenated alkanes) is 3. The number of carboxylic acid groups (broad SMARTS) is 1. The van der Waals surface area contributed by atoms with E-state index in [1.165, 1.54) is 25.7 Å². The van der Waals surface area contributed by atoms with Gasteiger partial charge in [-0.25, -0.2) is 0 Å². The van der Waals surface area contributed by atoms with E-state index in [2.05, 4.69) is 19.2 Å². The Balaban J connectivity index is 3.13. The van der Waals surface area contributed by atoms with Gasteiger partial charge in [0, 0.05) is 6.54 Å². The number of hydrogen-bond acceptors (Lipinski definition) is 3. The van der Waals surface area contributed by atoms with Gasteiger partial charge in [0.2, 0.25) is 0 Å². The molecule has 0 aliphatic rings. The third-order valence-corrected chi connectivity index (χ3v) is 2.57. The van der Waals surface area contributed by atoms with E-state index in [9.17, 15) is 4.79 Å². The molecular weight excluding hydrogens is 204 g/mol. The zero-order valence-electron chi connectivity index (χ0n) is 10.5. The second kappa shape index (κ2) is 9.60. The van der Waals surface area contributed by atoms with Crippen LogP contribution in [0.25, 0.3) is 0 Å². The van der Waals surface area contributed by atoms with E-state index in [0.29, 0.717) is 6.54 Å². The van der Waals surface area contributed by atoms with Crippen molar-refractivity contribution in [2.24, 2.45) is 11.7 Å². The highest BCUT2D eigenvalue weighted by atomic mass is 16.4. The lowest BCUT2D eigenvalue weighted by Gasteiger charge is -2.08. The Bertz CT molecular complexity index is 184. The number of rotatable bonds is 10. The number of aliphatic carboxylic acids is 1. The lowest BCUT2D eigenvalue weighted by molar-refractivity contribution is -0.138. The first kappa shape index (κ1) is 15.4. The summed E-state index contributed by atoms with van der Waals surface area (Å²) in [6, 6.07) is -0.777. The Morgan fingerprint density at radius 3 is 2.44 bits per heavy atom. The van der Waals surface area contributed by atoms with Crippen molar-refractivity contribution < 1.29 is 9.90 Å². The van der Waals surface area contributed by atoms with Gasteiger partial charge in [-0.05, 0) is 18.9 Å². The van der Waals surface area contributed by atoms with E-state index in [1.54, 1.807) is 0 Å². The summed E-state index contributed by atoms with van der Waals surface area (Å²) in [5, 5.41) is 11.6. The van der Waals surface area contributed by atoms with Crippen molar-refractivity contribution in [3.8, 4) is 0 Å². The molecule has 1 unspecified atom stereocenters. The third kappa shape index (κ3) is 9.93. The maximum atomic E-state index is 10.4. The molecule has 0 radical (unpaired) electrons. The minimum absolute atomic E-state index is 0.362. The third-order valence-electron chi connectivity index (χ3n) is 2.57. The molecule has 0 heterocycles. The van der Waals surface area contributed by atoms with Gasteiger partial charge in [0.25, 0.3) is 0 Å². The van der Waals surface area contributed by atoms with E-state index in [0.717, 1.165) is 18.9 Å². The summed E-state index contributed by atoms with van der Waals surface area (Å²) in [5.41, 5.74) is 5.35. The number of carboxylic acids is 1.